The Hall–Kier alpha value is -3.03. The molecule has 3 aliphatic rings. The van der Waals surface area contributed by atoms with Gasteiger partial charge in [0.2, 0.25) is 11.8 Å². The van der Waals surface area contributed by atoms with E-state index in [1.54, 1.807) is 0 Å². The Balaban J connectivity index is 1.17. The number of anilines is 1. The number of carbonyl (C=O) groups excluding carboxylic acids is 1. The van der Waals surface area contributed by atoms with Gasteiger partial charge in [-0.25, -0.2) is 0 Å². The van der Waals surface area contributed by atoms with E-state index in [4.69, 9.17) is 14.0 Å². The Morgan fingerprint density at radius 1 is 0.950 bits per heavy atom. The molecule has 0 N–H and O–H groups in total. The van der Waals surface area contributed by atoms with Gasteiger partial charge in [-0.15, -0.1) is 0 Å². The van der Waals surface area contributed by atoms with Crippen molar-refractivity contribution in [1.82, 2.24) is 20.3 Å². The number of hydrogen-bond donors (Lipinski definition) is 0. The highest BCUT2D eigenvalue weighted by Gasteiger charge is 2.40. The minimum Gasteiger partial charge on any atom is -0.339 e. The molecule has 40 heavy (non-hydrogen) atoms. The highest BCUT2D eigenvalue weighted by atomic mass is 16.5. The molecule has 8 heteroatoms. The van der Waals surface area contributed by atoms with E-state index in [1.165, 1.54) is 38.5 Å². The molecular formula is C32H43N5O3. The van der Waals surface area contributed by atoms with Gasteiger partial charge < -0.3 is 13.9 Å². The zero-order chi connectivity index (χ0) is 27.4. The molecule has 6 rings (SSSR count). The number of nitrogens with zero attached hydrogens (tertiary/aromatic N) is 5. The van der Waals surface area contributed by atoms with Gasteiger partial charge in [0.25, 0.3) is 5.89 Å². The van der Waals surface area contributed by atoms with E-state index in [0.717, 1.165) is 87.2 Å². The predicted octanol–water partition coefficient (Wildman–Crippen LogP) is 7.55. The third kappa shape index (κ3) is 6.01. The summed E-state index contributed by atoms with van der Waals surface area (Å²) in [6.07, 6.45) is 17.5. The second-order valence-electron chi connectivity index (χ2n) is 12.3. The van der Waals surface area contributed by atoms with E-state index < -0.39 is 0 Å². The van der Waals surface area contributed by atoms with Crippen LogP contribution in [-0.4, -0.2) is 32.7 Å². The average molecular weight is 546 g/mol. The van der Waals surface area contributed by atoms with Gasteiger partial charge >= 0.3 is 0 Å². The van der Waals surface area contributed by atoms with Gasteiger partial charge in [-0.2, -0.15) is 9.97 Å². The highest BCUT2D eigenvalue weighted by Crippen LogP contribution is 2.45. The third-order valence-corrected chi connectivity index (χ3v) is 9.35. The van der Waals surface area contributed by atoms with Crippen LogP contribution in [0.3, 0.4) is 0 Å². The van der Waals surface area contributed by atoms with Crippen LogP contribution in [0.4, 0.5) is 5.69 Å². The zero-order valence-corrected chi connectivity index (χ0v) is 23.9. The Morgan fingerprint density at radius 3 is 2.50 bits per heavy atom. The molecule has 2 aromatic heterocycles. The smallest absolute Gasteiger partial charge is 0.257 e. The predicted molar refractivity (Wildman–Crippen MR) is 153 cm³/mol. The van der Waals surface area contributed by atoms with Crippen LogP contribution in [0.5, 0.6) is 0 Å². The van der Waals surface area contributed by atoms with Crippen molar-refractivity contribution in [2.24, 2.45) is 5.92 Å². The number of carbonyl (C=O) groups is 1. The van der Waals surface area contributed by atoms with Crippen LogP contribution in [0.25, 0.3) is 11.5 Å². The molecule has 3 fully saturated rings. The number of aryl methyl sites for hydroxylation is 1. The number of aromatic nitrogens is 4. The van der Waals surface area contributed by atoms with Crippen LogP contribution >= 0.6 is 0 Å². The van der Waals surface area contributed by atoms with E-state index in [9.17, 15) is 4.79 Å². The number of unbranched alkanes of at least 4 members (excludes halogenated alkanes) is 1. The van der Waals surface area contributed by atoms with Crippen molar-refractivity contribution in [3.63, 3.8) is 0 Å². The van der Waals surface area contributed by atoms with Crippen molar-refractivity contribution in [2.45, 2.75) is 121 Å². The fourth-order valence-electron chi connectivity index (χ4n) is 6.75. The topological polar surface area (TPSA) is 98.1 Å². The summed E-state index contributed by atoms with van der Waals surface area (Å²) in [5, 5.41) is 8.41. The van der Waals surface area contributed by atoms with Gasteiger partial charge in [-0.3, -0.25) is 4.79 Å². The maximum atomic E-state index is 13.9. The lowest BCUT2D eigenvalue weighted by molar-refractivity contribution is -0.123. The van der Waals surface area contributed by atoms with Crippen molar-refractivity contribution in [3.8, 4) is 11.5 Å². The van der Waals surface area contributed by atoms with Crippen LogP contribution < -0.4 is 4.90 Å². The molecule has 3 aromatic rings. The first-order chi connectivity index (χ1) is 19.6. The van der Waals surface area contributed by atoms with E-state index in [0.29, 0.717) is 24.2 Å². The number of hydrogen-bond acceptors (Lipinski definition) is 7. The van der Waals surface area contributed by atoms with Crippen molar-refractivity contribution < 1.29 is 13.8 Å². The Morgan fingerprint density at radius 2 is 1.75 bits per heavy atom. The first-order valence-corrected chi connectivity index (χ1v) is 15.7. The summed E-state index contributed by atoms with van der Waals surface area (Å²) in [4.78, 5) is 25.3. The van der Waals surface area contributed by atoms with Gasteiger partial charge in [0.15, 0.2) is 11.6 Å². The summed E-state index contributed by atoms with van der Waals surface area (Å²) in [5.74, 6) is 3.85. The summed E-state index contributed by atoms with van der Waals surface area (Å²) in [7, 11) is 0. The summed E-state index contributed by atoms with van der Waals surface area (Å²) in [6.45, 7) is 2.72. The van der Waals surface area contributed by atoms with Crippen LogP contribution in [0, 0.1) is 5.92 Å². The quantitative estimate of drug-likeness (QED) is 0.229. The molecule has 3 saturated carbocycles. The van der Waals surface area contributed by atoms with Crippen molar-refractivity contribution in [3.05, 3.63) is 41.8 Å². The monoisotopic (exact) mass is 545 g/mol. The van der Waals surface area contributed by atoms with Crippen molar-refractivity contribution >= 4 is 11.6 Å². The molecule has 0 atom stereocenters. The lowest BCUT2D eigenvalue weighted by Crippen LogP contribution is -2.38. The van der Waals surface area contributed by atoms with Gasteiger partial charge in [-0.1, -0.05) is 68.2 Å². The third-order valence-electron chi connectivity index (χ3n) is 9.35. The van der Waals surface area contributed by atoms with Gasteiger partial charge in [-0.05, 0) is 69.6 Å². The van der Waals surface area contributed by atoms with E-state index >= 15 is 0 Å². The molecule has 8 nitrogen and oxygen atoms in total. The SMILES string of the molecule is CCc1noc(-c2cccc(N(CCCCC3(c4nc(C5CC5)no4)CCCCC3)C(=O)C3CCCCC3)c2)n1. The minimum atomic E-state index is -0.00848. The molecule has 214 valence electrons. The molecule has 0 bridgehead atoms. The Bertz CT molecular complexity index is 1270. The fourth-order valence-corrected chi connectivity index (χ4v) is 6.75. The molecule has 3 aliphatic carbocycles. The summed E-state index contributed by atoms with van der Waals surface area (Å²) in [6, 6.07) is 8.05. The molecule has 1 amide bonds. The first kappa shape index (κ1) is 27.2. The second kappa shape index (κ2) is 12.2. The summed E-state index contributed by atoms with van der Waals surface area (Å²) >= 11 is 0. The largest absolute Gasteiger partial charge is 0.339 e. The van der Waals surface area contributed by atoms with Crippen LogP contribution in [0.2, 0.25) is 0 Å². The van der Waals surface area contributed by atoms with Crippen LogP contribution in [0.15, 0.2) is 33.3 Å². The molecule has 2 heterocycles. The van der Waals surface area contributed by atoms with Gasteiger partial charge in [0.1, 0.15) is 0 Å². The molecular weight excluding hydrogens is 502 g/mol. The fraction of sp³-hybridized carbons (Fsp3) is 0.656. The number of rotatable bonds is 11. The molecule has 0 spiro atoms. The molecule has 0 saturated heterocycles. The van der Waals surface area contributed by atoms with E-state index in [1.807, 2.05) is 36.1 Å². The maximum Gasteiger partial charge on any atom is 0.257 e. The zero-order valence-electron chi connectivity index (χ0n) is 23.9. The molecule has 0 aliphatic heterocycles. The minimum absolute atomic E-state index is 0.00848. The summed E-state index contributed by atoms with van der Waals surface area (Å²) < 4.78 is 11.4. The lowest BCUT2D eigenvalue weighted by Gasteiger charge is -2.34. The van der Waals surface area contributed by atoms with Crippen molar-refractivity contribution in [1.29, 1.82) is 0 Å². The molecule has 0 radical (unpaired) electrons. The molecule has 1 aromatic carbocycles. The van der Waals surface area contributed by atoms with Crippen LogP contribution in [0.1, 0.15) is 127 Å². The maximum absolute atomic E-state index is 13.9. The normalized spacial score (nSPS) is 19.5. The average Bonchev–Trinajstić information content (AvgIpc) is 3.52. The standard InChI is InChI=1S/C32H43N5O3/c1-2-27-33-29(39-35-27)25-14-11-15-26(22-25)37(30(38)24-12-5-3-6-13-24)21-10-9-20-32(18-7-4-8-19-32)31-34-28(36-40-31)23-16-17-23/h11,14-15,22-24H,2-10,12-13,16-21H2,1H3. The van der Waals surface area contributed by atoms with Crippen molar-refractivity contribution in [2.75, 3.05) is 11.4 Å². The Labute approximate surface area is 237 Å². The number of amides is 1. The second-order valence-corrected chi connectivity index (χ2v) is 12.3. The summed E-state index contributed by atoms with van der Waals surface area (Å²) in [5.41, 5.74) is 1.77. The van der Waals surface area contributed by atoms with Gasteiger partial charge in [0.05, 0.1) is 0 Å². The van der Waals surface area contributed by atoms with Gasteiger partial charge in [0, 0.05) is 41.5 Å². The number of benzene rings is 1. The van der Waals surface area contributed by atoms with E-state index in [2.05, 4.69) is 15.3 Å². The lowest BCUT2D eigenvalue weighted by atomic mass is 9.70. The van der Waals surface area contributed by atoms with E-state index in [-0.39, 0.29) is 17.2 Å². The first-order valence-electron chi connectivity index (χ1n) is 15.7. The molecule has 0 unspecified atom stereocenters. The highest BCUT2D eigenvalue weighted by molar-refractivity contribution is 5.95. The van der Waals surface area contributed by atoms with Crippen LogP contribution in [-0.2, 0) is 16.6 Å². The Kier molecular flexibility index (Phi) is 8.30.